The summed E-state index contributed by atoms with van der Waals surface area (Å²) in [4.78, 5) is 15.3. The number of hydrogen-bond donors (Lipinski definition) is 1. The maximum Gasteiger partial charge on any atom is 0.335 e. The summed E-state index contributed by atoms with van der Waals surface area (Å²) in [6.45, 7) is 2.23. The fourth-order valence-corrected chi connectivity index (χ4v) is 2.85. The highest BCUT2D eigenvalue weighted by atomic mass is 35.5. The van der Waals surface area contributed by atoms with Crippen molar-refractivity contribution in [3.05, 3.63) is 93.0 Å². The topological polar surface area (TPSA) is 58.9 Å². The molecule has 0 aliphatic carbocycles. The maximum absolute atomic E-state index is 10.9. The minimum Gasteiger partial charge on any atom is -0.487 e. The smallest absolute Gasteiger partial charge is 0.335 e. The highest BCUT2D eigenvalue weighted by Gasteiger charge is 2.05. The summed E-state index contributed by atoms with van der Waals surface area (Å²) in [7, 11) is 0. The monoisotopic (exact) mass is 413 g/mol. The lowest BCUT2D eigenvalue weighted by atomic mass is 10.1. The Balaban J connectivity index is 1.65. The SMILES string of the molecule is Cc1ccc(N=Cc2ccc(OCc3ccc(C(=O)O)cc3)c(Cl)c2)cc1Cl. The molecule has 0 atom stereocenters. The number of carboxylic acids is 1. The molecule has 0 radical (unpaired) electrons. The number of aryl methyl sites for hydroxylation is 1. The molecule has 4 nitrogen and oxygen atoms in total. The van der Waals surface area contributed by atoms with Crippen molar-refractivity contribution in [3.8, 4) is 5.75 Å². The van der Waals surface area contributed by atoms with E-state index < -0.39 is 5.97 Å². The lowest BCUT2D eigenvalue weighted by molar-refractivity contribution is 0.0697. The first-order valence-corrected chi connectivity index (χ1v) is 9.23. The fourth-order valence-electron chi connectivity index (χ4n) is 2.43. The van der Waals surface area contributed by atoms with Gasteiger partial charge in [-0.15, -0.1) is 0 Å². The van der Waals surface area contributed by atoms with Crippen LogP contribution in [0.15, 0.2) is 65.7 Å². The van der Waals surface area contributed by atoms with Gasteiger partial charge in [0.2, 0.25) is 0 Å². The molecule has 0 saturated heterocycles. The summed E-state index contributed by atoms with van der Waals surface area (Å²) < 4.78 is 5.73. The van der Waals surface area contributed by atoms with Crippen molar-refractivity contribution in [2.75, 3.05) is 0 Å². The number of halogens is 2. The first-order chi connectivity index (χ1) is 13.4. The van der Waals surface area contributed by atoms with Gasteiger partial charge in [-0.05, 0) is 66.1 Å². The summed E-state index contributed by atoms with van der Waals surface area (Å²) in [5.41, 5.74) is 3.68. The molecular weight excluding hydrogens is 397 g/mol. The van der Waals surface area contributed by atoms with Crippen LogP contribution in [0.1, 0.15) is 27.0 Å². The van der Waals surface area contributed by atoms with E-state index >= 15 is 0 Å². The zero-order valence-corrected chi connectivity index (χ0v) is 16.5. The van der Waals surface area contributed by atoms with E-state index in [9.17, 15) is 4.79 Å². The Hall–Kier alpha value is -2.82. The summed E-state index contributed by atoms with van der Waals surface area (Å²) in [5, 5.41) is 10.1. The van der Waals surface area contributed by atoms with E-state index in [0.29, 0.717) is 15.8 Å². The molecule has 0 unspecified atom stereocenters. The van der Waals surface area contributed by atoms with Gasteiger partial charge in [-0.25, -0.2) is 4.79 Å². The third kappa shape index (κ3) is 5.12. The minimum atomic E-state index is -0.958. The van der Waals surface area contributed by atoms with Crippen molar-refractivity contribution >= 4 is 41.1 Å². The zero-order chi connectivity index (χ0) is 20.1. The lowest BCUT2D eigenvalue weighted by Crippen LogP contribution is -1.99. The Bertz CT molecular complexity index is 1030. The molecule has 0 amide bonds. The normalized spacial score (nSPS) is 11.0. The van der Waals surface area contributed by atoms with Gasteiger partial charge in [-0.1, -0.05) is 41.4 Å². The molecule has 0 spiro atoms. The minimum absolute atomic E-state index is 0.236. The molecule has 0 aliphatic heterocycles. The molecule has 0 aromatic heterocycles. The van der Waals surface area contributed by atoms with E-state index in [2.05, 4.69) is 4.99 Å². The first-order valence-electron chi connectivity index (χ1n) is 8.47. The number of carbonyl (C=O) groups is 1. The molecule has 0 heterocycles. The number of ether oxygens (including phenoxy) is 1. The fraction of sp³-hybridized carbons (Fsp3) is 0.0909. The highest BCUT2D eigenvalue weighted by Crippen LogP contribution is 2.27. The second kappa shape index (κ2) is 8.91. The number of hydrogen-bond acceptors (Lipinski definition) is 3. The predicted octanol–water partition coefficient (Wildman–Crippen LogP) is 6.33. The van der Waals surface area contributed by atoms with E-state index in [1.807, 2.05) is 31.2 Å². The van der Waals surface area contributed by atoms with E-state index in [-0.39, 0.29) is 12.2 Å². The molecule has 3 aromatic carbocycles. The number of benzene rings is 3. The zero-order valence-electron chi connectivity index (χ0n) is 15.0. The third-order valence-electron chi connectivity index (χ3n) is 4.07. The average Bonchev–Trinajstić information content (AvgIpc) is 2.68. The third-order valence-corrected chi connectivity index (χ3v) is 4.77. The van der Waals surface area contributed by atoms with Crippen molar-refractivity contribution < 1.29 is 14.6 Å². The van der Waals surface area contributed by atoms with Gasteiger partial charge in [-0.2, -0.15) is 0 Å². The van der Waals surface area contributed by atoms with Crippen LogP contribution < -0.4 is 4.74 Å². The largest absolute Gasteiger partial charge is 0.487 e. The quantitative estimate of drug-likeness (QED) is 0.480. The number of rotatable bonds is 6. The summed E-state index contributed by atoms with van der Waals surface area (Å²) >= 11 is 12.4. The molecule has 142 valence electrons. The Morgan fingerprint density at radius 1 is 1.04 bits per heavy atom. The molecule has 0 bridgehead atoms. The Morgan fingerprint density at radius 2 is 1.79 bits per heavy atom. The van der Waals surface area contributed by atoms with Gasteiger partial charge in [0.1, 0.15) is 12.4 Å². The van der Waals surface area contributed by atoms with Crippen LogP contribution in [0.4, 0.5) is 5.69 Å². The van der Waals surface area contributed by atoms with Gasteiger partial charge in [0.05, 0.1) is 16.3 Å². The summed E-state index contributed by atoms with van der Waals surface area (Å²) in [6.07, 6.45) is 1.71. The molecule has 3 rings (SSSR count). The summed E-state index contributed by atoms with van der Waals surface area (Å²) in [5.74, 6) is -0.416. The summed E-state index contributed by atoms with van der Waals surface area (Å²) in [6, 6.07) is 17.5. The predicted molar refractivity (Wildman–Crippen MR) is 113 cm³/mol. The van der Waals surface area contributed by atoms with Gasteiger partial charge < -0.3 is 9.84 Å². The van der Waals surface area contributed by atoms with Gasteiger partial charge in [0.15, 0.2) is 0 Å². The van der Waals surface area contributed by atoms with Crippen LogP contribution in [0.3, 0.4) is 0 Å². The highest BCUT2D eigenvalue weighted by molar-refractivity contribution is 6.32. The molecule has 3 aromatic rings. The number of aromatic carboxylic acids is 1. The van der Waals surface area contributed by atoms with Crippen LogP contribution in [-0.4, -0.2) is 17.3 Å². The van der Waals surface area contributed by atoms with Crippen LogP contribution in [0, 0.1) is 6.92 Å². The van der Waals surface area contributed by atoms with Crippen molar-refractivity contribution in [1.29, 1.82) is 0 Å². The van der Waals surface area contributed by atoms with E-state index in [1.54, 1.807) is 42.6 Å². The second-order valence-electron chi connectivity index (χ2n) is 6.17. The van der Waals surface area contributed by atoms with Gasteiger partial charge in [0.25, 0.3) is 0 Å². The molecule has 1 N–H and O–H groups in total. The van der Waals surface area contributed by atoms with Crippen LogP contribution in [0.2, 0.25) is 10.0 Å². The van der Waals surface area contributed by atoms with Crippen LogP contribution in [0.25, 0.3) is 0 Å². The second-order valence-corrected chi connectivity index (χ2v) is 6.99. The Labute approximate surface area is 173 Å². The van der Waals surface area contributed by atoms with Crippen molar-refractivity contribution in [3.63, 3.8) is 0 Å². The van der Waals surface area contributed by atoms with Gasteiger partial charge in [0, 0.05) is 11.2 Å². The van der Waals surface area contributed by atoms with Crippen LogP contribution >= 0.6 is 23.2 Å². The number of aliphatic imine (C=N–C) groups is 1. The molecule has 28 heavy (non-hydrogen) atoms. The van der Waals surface area contributed by atoms with E-state index in [4.69, 9.17) is 33.0 Å². The maximum atomic E-state index is 10.9. The van der Waals surface area contributed by atoms with Crippen LogP contribution in [0.5, 0.6) is 5.75 Å². The molecule has 6 heteroatoms. The molecular formula is C22H17Cl2NO3. The average molecular weight is 414 g/mol. The van der Waals surface area contributed by atoms with E-state index in [0.717, 1.165) is 22.4 Å². The Kier molecular flexibility index (Phi) is 6.34. The lowest BCUT2D eigenvalue weighted by Gasteiger charge is -2.09. The molecule has 0 aliphatic rings. The standard InChI is InChI=1S/C22H17Cl2NO3/c1-14-2-8-18(11-19(14)23)25-12-16-5-9-21(20(24)10-16)28-13-15-3-6-17(7-4-15)22(26)27/h2-12H,13H2,1H3,(H,26,27). The van der Waals surface area contributed by atoms with Crippen LogP contribution in [-0.2, 0) is 6.61 Å². The van der Waals surface area contributed by atoms with Crippen molar-refractivity contribution in [2.45, 2.75) is 13.5 Å². The van der Waals surface area contributed by atoms with Crippen molar-refractivity contribution in [1.82, 2.24) is 0 Å². The van der Waals surface area contributed by atoms with Gasteiger partial charge >= 0.3 is 5.97 Å². The van der Waals surface area contributed by atoms with E-state index in [1.165, 1.54) is 0 Å². The molecule has 0 fully saturated rings. The number of carboxylic acid groups (broad SMARTS) is 1. The van der Waals surface area contributed by atoms with Gasteiger partial charge in [-0.3, -0.25) is 4.99 Å². The number of nitrogens with zero attached hydrogens (tertiary/aromatic N) is 1. The molecule has 0 saturated carbocycles. The first kappa shape index (κ1) is 19.9. The van der Waals surface area contributed by atoms with Crippen molar-refractivity contribution in [2.24, 2.45) is 4.99 Å². The Morgan fingerprint density at radius 3 is 2.43 bits per heavy atom.